The summed E-state index contributed by atoms with van der Waals surface area (Å²) in [6, 6.07) is 10.1. The molecule has 2 aromatic rings. The zero-order chi connectivity index (χ0) is 19.2. The lowest BCUT2D eigenvalue weighted by atomic mass is 10.1. The summed E-state index contributed by atoms with van der Waals surface area (Å²) in [5.74, 6) is 0.764. The van der Waals surface area contributed by atoms with Crippen molar-refractivity contribution in [1.29, 1.82) is 0 Å². The van der Waals surface area contributed by atoms with Gasteiger partial charge in [0.05, 0.1) is 6.61 Å². The lowest BCUT2D eigenvalue weighted by molar-refractivity contribution is 0.0937. The molecular formula is C21H28N4O2. The highest BCUT2D eigenvalue weighted by Gasteiger charge is 2.20. The van der Waals surface area contributed by atoms with Gasteiger partial charge >= 0.3 is 0 Å². The molecule has 0 radical (unpaired) electrons. The summed E-state index contributed by atoms with van der Waals surface area (Å²) < 4.78 is 4.97. The van der Waals surface area contributed by atoms with E-state index < -0.39 is 0 Å². The van der Waals surface area contributed by atoms with E-state index in [0.717, 1.165) is 32.0 Å². The third-order valence-electron chi connectivity index (χ3n) is 5.12. The Hall–Kier alpha value is -2.60. The van der Waals surface area contributed by atoms with Crippen molar-refractivity contribution in [2.24, 2.45) is 0 Å². The van der Waals surface area contributed by atoms with Gasteiger partial charge in [-0.25, -0.2) is 4.98 Å². The first-order chi connectivity index (χ1) is 13.1. The number of pyridine rings is 1. The lowest BCUT2D eigenvalue weighted by Gasteiger charge is -2.37. The van der Waals surface area contributed by atoms with Gasteiger partial charge in [-0.3, -0.25) is 4.79 Å². The fourth-order valence-electron chi connectivity index (χ4n) is 3.36. The van der Waals surface area contributed by atoms with E-state index in [9.17, 15) is 4.79 Å². The van der Waals surface area contributed by atoms with Crippen LogP contribution in [0.2, 0.25) is 0 Å². The standard InChI is InChI=1S/C21H28N4O2/c1-16-5-4-6-19(17(16)2)24-10-12-25(13-11-24)20-15-18(7-8-22-20)21(26)23-9-14-27-3/h4-8,15H,9-14H2,1-3H3,(H,23,26). The van der Waals surface area contributed by atoms with Gasteiger partial charge < -0.3 is 19.9 Å². The number of rotatable bonds is 6. The van der Waals surface area contributed by atoms with E-state index in [1.54, 1.807) is 19.4 Å². The van der Waals surface area contributed by atoms with Crippen molar-refractivity contribution in [3.8, 4) is 0 Å². The summed E-state index contributed by atoms with van der Waals surface area (Å²) in [6.45, 7) is 8.99. The van der Waals surface area contributed by atoms with Gasteiger partial charge in [0, 0.05) is 57.3 Å². The molecule has 1 aliphatic heterocycles. The van der Waals surface area contributed by atoms with Crippen molar-refractivity contribution in [2.75, 3.05) is 56.2 Å². The van der Waals surface area contributed by atoms with Crippen LogP contribution in [0.5, 0.6) is 0 Å². The number of benzene rings is 1. The predicted octanol–water partition coefficient (Wildman–Crippen LogP) is 2.40. The number of ether oxygens (including phenoxy) is 1. The van der Waals surface area contributed by atoms with E-state index in [0.29, 0.717) is 18.7 Å². The number of anilines is 2. The molecule has 1 amide bonds. The van der Waals surface area contributed by atoms with Gasteiger partial charge in [-0.2, -0.15) is 0 Å². The molecule has 6 heteroatoms. The summed E-state index contributed by atoms with van der Waals surface area (Å²) in [7, 11) is 1.62. The molecule has 1 aromatic carbocycles. The highest BCUT2D eigenvalue weighted by atomic mass is 16.5. The fourth-order valence-corrected chi connectivity index (χ4v) is 3.36. The Kier molecular flexibility index (Phi) is 6.29. The molecule has 1 saturated heterocycles. The van der Waals surface area contributed by atoms with Gasteiger partial charge in [0.25, 0.3) is 5.91 Å². The van der Waals surface area contributed by atoms with Crippen LogP contribution < -0.4 is 15.1 Å². The average molecular weight is 368 g/mol. The number of nitrogens with one attached hydrogen (secondary N) is 1. The second-order valence-corrected chi connectivity index (χ2v) is 6.84. The van der Waals surface area contributed by atoms with Crippen molar-refractivity contribution in [3.05, 3.63) is 53.2 Å². The minimum absolute atomic E-state index is 0.0929. The van der Waals surface area contributed by atoms with Crippen LogP contribution in [0.3, 0.4) is 0 Å². The number of aryl methyl sites for hydroxylation is 1. The van der Waals surface area contributed by atoms with E-state index in [2.05, 4.69) is 52.1 Å². The Morgan fingerprint density at radius 3 is 2.63 bits per heavy atom. The van der Waals surface area contributed by atoms with E-state index in [1.165, 1.54) is 16.8 Å². The molecule has 1 N–H and O–H groups in total. The molecule has 0 atom stereocenters. The Balaban J connectivity index is 1.63. The molecular weight excluding hydrogens is 340 g/mol. The van der Waals surface area contributed by atoms with E-state index in [4.69, 9.17) is 4.74 Å². The Morgan fingerprint density at radius 1 is 1.15 bits per heavy atom. The van der Waals surface area contributed by atoms with E-state index >= 15 is 0 Å². The number of nitrogens with zero attached hydrogens (tertiary/aromatic N) is 3. The largest absolute Gasteiger partial charge is 0.383 e. The van der Waals surface area contributed by atoms with E-state index in [1.807, 2.05) is 6.07 Å². The van der Waals surface area contributed by atoms with Gasteiger partial charge in [-0.05, 0) is 43.2 Å². The summed E-state index contributed by atoms with van der Waals surface area (Å²) in [5.41, 5.74) is 4.62. The number of hydrogen-bond acceptors (Lipinski definition) is 5. The topological polar surface area (TPSA) is 57.7 Å². The normalized spacial score (nSPS) is 14.3. The summed E-state index contributed by atoms with van der Waals surface area (Å²) in [5, 5.41) is 2.85. The van der Waals surface area contributed by atoms with Crippen molar-refractivity contribution < 1.29 is 9.53 Å². The van der Waals surface area contributed by atoms with Crippen molar-refractivity contribution in [3.63, 3.8) is 0 Å². The number of amides is 1. The number of carbonyl (C=O) groups is 1. The van der Waals surface area contributed by atoms with Gasteiger partial charge in [0.2, 0.25) is 0 Å². The summed E-state index contributed by atoms with van der Waals surface area (Å²) in [6.07, 6.45) is 1.71. The SMILES string of the molecule is COCCNC(=O)c1ccnc(N2CCN(c3cccc(C)c3C)CC2)c1. The third-order valence-corrected chi connectivity index (χ3v) is 5.12. The van der Waals surface area contributed by atoms with Crippen LogP contribution in [0, 0.1) is 13.8 Å². The van der Waals surface area contributed by atoms with Crippen LogP contribution in [0.1, 0.15) is 21.5 Å². The number of methoxy groups -OCH3 is 1. The zero-order valence-electron chi connectivity index (χ0n) is 16.4. The lowest BCUT2D eigenvalue weighted by Crippen LogP contribution is -2.47. The summed E-state index contributed by atoms with van der Waals surface area (Å²) >= 11 is 0. The molecule has 3 rings (SSSR count). The maximum absolute atomic E-state index is 12.2. The Bertz CT molecular complexity index is 786. The van der Waals surface area contributed by atoms with Crippen LogP contribution in [-0.4, -0.2) is 57.3 Å². The molecule has 144 valence electrons. The molecule has 0 saturated carbocycles. The van der Waals surface area contributed by atoms with Gasteiger partial charge in [0.15, 0.2) is 0 Å². The van der Waals surface area contributed by atoms with E-state index in [-0.39, 0.29) is 5.91 Å². The number of carbonyl (C=O) groups excluding carboxylic acids is 1. The van der Waals surface area contributed by atoms with Crippen LogP contribution >= 0.6 is 0 Å². The maximum atomic E-state index is 12.2. The van der Waals surface area contributed by atoms with Crippen molar-refractivity contribution >= 4 is 17.4 Å². The molecule has 1 aromatic heterocycles. The molecule has 2 heterocycles. The third kappa shape index (κ3) is 4.57. The molecule has 1 aliphatic rings. The number of aromatic nitrogens is 1. The molecule has 1 fully saturated rings. The first kappa shape index (κ1) is 19.2. The quantitative estimate of drug-likeness (QED) is 0.794. The second kappa shape index (κ2) is 8.86. The minimum atomic E-state index is -0.0929. The van der Waals surface area contributed by atoms with Crippen molar-refractivity contribution in [2.45, 2.75) is 13.8 Å². The highest BCUT2D eigenvalue weighted by molar-refractivity contribution is 5.94. The molecule has 27 heavy (non-hydrogen) atoms. The Morgan fingerprint density at radius 2 is 1.89 bits per heavy atom. The molecule has 0 bridgehead atoms. The molecule has 0 spiro atoms. The zero-order valence-corrected chi connectivity index (χ0v) is 16.4. The van der Waals surface area contributed by atoms with Crippen LogP contribution in [-0.2, 0) is 4.74 Å². The van der Waals surface area contributed by atoms with Crippen LogP contribution in [0.4, 0.5) is 11.5 Å². The van der Waals surface area contributed by atoms with Crippen molar-refractivity contribution in [1.82, 2.24) is 10.3 Å². The first-order valence-corrected chi connectivity index (χ1v) is 9.39. The fraction of sp³-hybridized carbons (Fsp3) is 0.429. The Labute approximate surface area is 161 Å². The minimum Gasteiger partial charge on any atom is -0.383 e. The first-order valence-electron chi connectivity index (χ1n) is 9.39. The second-order valence-electron chi connectivity index (χ2n) is 6.84. The average Bonchev–Trinajstić information content (AvgIpc) is 2.70. The smallest absolute Gasteiger partial charge is 0.251 e. The number of hydrogen-bond donors (Lipinski definition) is 1. The van der Waals surface area contributed by atoms with Crippen LogP contribution in [0.15, 0.2) is 36.5 Å². The van der Waals surface area contributed by atoms with Gasteiger partial charge in [0.1, 0.15) is 5.82 Å². The molecule has 6 nitrogen and oxygen atoms in total. The molecule has 0 aliphatic carbocycles. The van der Waals surface area contributed by atoms with Crippen LogP contribution in [0.25, 0.3) is 0 Å². The molecule has 0 unspecified atom stereocenters. The van der Waals surface area contributed by atoms with Gasteiger partial charge in [-0.1, -0.05) is 12.1 Å². The van der Waals surface area contributed by atoms with Gasteiger partial charge in [-0.15, -0.1) is 0 Å². The number of piperazine rings is 1. The monoisotopic (exact) mass is 368 g/mol. The predicted molar refractivity (Wildman–Crippen MR) is 109 cm³/mol. The maximum Gasteiger partial charge on any atom is 0.251 e. The highest BCUT2D eigenvalue weighted by Crippen LogP contribution is 2.25. The summed E-state index contributed by atoms with van der Waals surface area (Å²) in [4.78, 5) is 21.4.